The lowest BCUT2D eigenvalue weighted by Gasteiger charge is -2.12. The van der Waals surface area contributed by atoms with Gasteiger partial charge < -0.3 is 9.47 Å². The first-order valence-corrected chi connectivity index (χ1v) is 10.5. The average Bonchev–Trinajstić information content (AvgIpc) is 3.22. The number of rotatable bonds is 6. The highest BCUT2D eigenvalue weighted by atomic mass is 35.5. The van der Waals surface area contributed by atoms with Crippen molar-refractivity contribution in [1.29, 1.82) is 0 Å². The second-order valence-corrected chi connectivity index (χ2v) is 7.86. The van der Waals surface area contributed by atoms with Crippen molar-refractivity contribution in [3.05, 3.63) is 94.2 Å². The topological polar surface area (TPSA) is 36.3 Å². The minimum atomic E-state index is -4.63. The molecule has 170 valence electrons. The molecule has 0 N–H and O–H groups in total. The third-order valence-electron chi connectivity index (χ3n) is 4.87. The number of benzene rings is 3. The predicted octanol–water partition coefficient (Wildman–Crippen LogP) is 7.45. The number of ether oxygens (including phenoxy) is 2. The van der Waals surface area contributed by atoms with Crippen LogP contribution in [0.1, 0.15) is 11.4 Å². The van der Waals surface area contributed by atoms with Crippen LogP contribution in [0.3, 0.4) is 0 Å². The number of nitrogens with zero attached hydrogens (tertiary/aromatic N) is 2. The predicted molar refractivity (Wildman–Crippen MR) is 121 cm³/mol. The Bertz CT molecular complexity index is 1250. The molecule has 0 radical (unpaired) electrons. The maximum absolute atomic E-state index is 13.3. The number of para-hydroxylation sites is 1. The third-order valence-corrected chi connectivity index (χ3v) is 5.48. The van der Waals surface area contributed by atoms with Gasteiger partial charge in [-0.3, -0.25) is 0 Å². The van der Waals surface area contributed by atoms with Crippen LogP contribution in [0.5, 0.6) is 11.5 Å². The largest absolute Gasteiger partial charge is 0.497 e. The van der Waals surface area contributed by atoms with Crippen molar-refractivity contribution in [2.75, 3.05) is 7.11 Å². The van der Waals surface area contributed by atoms with Gasteiger partial charge in [0.15, 0.2) is 5.69 Å². The average molecular weight is 493 g/mol. The van der Waals surface area contributed by atoms with Crippen LogP contribution in [-0.4, -0.2) is 16.9 Å². The van der Waals surface area contributed by atoms with E-state index >= 15 is 0 Å². The number of alkyl halides is 3. The zero-order chi connectivity index (χ0) is 23.6. The third kappa shape index (κ3) is 5.10. The standard InChI is InChI=1S/C24H17Cl2F3N2O2/c1-32-19-5-2-4-16(12-19)15-8-10-18(11-9-15)33-14-17-13-22(24(27,28)29)30-31(17)23-20(25)6-3-7-21(23)26/h2-13H,14H2,1H3. The molecular formula is C24H17Cl2F3N2O2. The van der Waals surface area contributed by atoms with Crippen LogP contribution in [0.4, 0.5) is 13.2 Å². The fourth-order valence-electron chi connectivity index (χ4n) is 3.25. The van der Waals surface area contributed by atoms with Crippen molar-refractivity contribution in [3.63, 3.8) is 0 Å². The fourth-order valence-corrected chi connectivity index (χ4v) is 3.81. The van der Waals surface area contributed by atoms with E-state index in [1.54, 1.807) is 25.3 Å². The van der Waals surface area contributed by atoms with E-state index < -0.39 is 11.9 Å². The molecule has 33 heavy (non-hydrogen) atoms. The lowest BCUT2D eigenvalue weighted by molar-refractivity contribution is -0.141. The summed E-state index contributed by atoms with van der Waals surface area (Å²) in [5.74, 6) is 1.22. The zero-order valence-electron chi connectivity index (χ0n) is 17.2. The van der Waals surface area contributed by atoms with Gasteiger partial charge >= 0.3 is 6.18 Å². The van der Waals surface area contributed by atoms with E-state index in [9.17, 15) is 13.2 Å². The first-order chi connectivity index (χ1) is 15.8. The lowest BCUT2D eigenvalue weighted by Crippen LogP contribution is -2.09. The number of methoxy groups -OCH3 is 1. The first-order valence-electron chi connectivity index (χ1n) is 9.74. The Morgan fingerprint density at radius 3 is 2.15 bits per heavy atom. The fraction of sp³-hybridized carbons (Fsp3) is 0.125. The molecule has 4 rings (SSSR count). The van der Waals surface area contributed by atoms with Gasteiger partial charge in [-0.15, -0.1) is 0 Å². The van der Waals surface area contributed by atoms with Gasteiger partial charge in [0.1, 0.15) is 23.8 Å². The van der Waals surface area contributed by atoms with E-state index in [0.29, 0.717) is 5.75 Å². The van der Waals surface area contributed by atoms with E-state index in [0.717, 1.165) is 27.6 Å². The SMILES string of the molecule is COc1cccc(-c2ccc(OCc3cc(C(F)(F)F)nn3-c3c(Cl)cccc3Cl)cc2)c1. The van der Waals surface area contributed by atoms with E-state index in [4.69, 9.17) is 32.7 Å². The zero-order valence-corrected chi connectivity index (χ0v) is 18.7. The second-order valence-electron chi connectivity index (χ2n) is 7.05. The van der Waals surface area contributed by atoms with Gasteiger partial charge in [0, 0.05) is 0 Å². The number of aromatic nitrogens is 2. The van der Waals surface area contributed by atoms with Crippen LogP contribution in [0, 0.1) is 0 Å². The van der Waals surface area contributed by atoms with Crippen molar-refractivity contribution in [3.8, 4) is 28.3 Å². The van der Waals surface area contributed by atoms with Crippen molar-refractivity contribution in [1.82, 2.24) is 9.78 Å². The maximum Gasteiger partial charge on any atom is 0.435 e. The van der Waals surface area contributed by atoms with E-state index in [2.05, 4.69) is 5.10 Å². The molecular weight excluding hydrogens is 476 g/mol. The Balaban J connectivity index is 1.60. The van der Waals surface area contributed by atoms with Gasteiger partial charge in [-0.2, -0.15) is 18.3 Å². The molecule has 0 aliphatic rings. The molecule has 0 atom stereocenters. The smallest absolute Gasteiger partial charge is 0.435 e. The molecule has 1 aromatic heterocycles. The van der Waals surface area contributed by atoms with Crippen LogP contribution in [0.2, 0.25) is 10.0 Å². The molecule has 0 spiro atoms. The van der Waals surface area contributed by atoms with Crippen molar-refractivity contribution >= 4 is 23.2 Å². The van der Waals surface area contributed by atoms with Crippen molar-refractivity contribution in [2.45, 2.75) is 12.8 Å². The van der Waals surface area contributed by atoms with Crippen molar-refractivity contribution in [2.24, 2.45) is 0 Å². The minimum Gasteiger partial charge on any atom is -0.497 e. The van der Waals surface area contributed by atoms with Gasteiger partial charge in [0.05, 0.1) is 22.8 Å². The summed E-state index contributed by atoms with van der Waals surface area (Å²) in [6.45, 7) is -0.177. The van der Waals surface area contributed by atoms with Crippen LogP contribution >= 0.6 is 23.2 Å². The summed E-state index contributed by atoms with van der Waals surface area (Å²) >= 11 is 12.4. The minimum absolute atomic E-state index is 0.147. The normalized spacial score (nSPS) is 11.5. The van der Waals surface area contributed by atoms with Crippen LogP contribution < -0.4 is 9.47 Å². The summed E-state index contributed by atoms with van der Waals surface area (Å²) < 4.78 is 52.1. The summed E-state index contributed by atoms with van der Waals surface area (Å²) in [5, 5.41) is 4.03. The summed E-state index contributed by atoms with van der Waals surface area (Å²) in [6, 6.07) is 20.4. The Morgan fingerprint density at radius 1 is 0.848 bits per heavy atom. The van der Waals surface area contributed by atoms with Crippen LogP contribution in [-0.2, 0) is 12.8 Å². The summed E-state index contributed by atoms with van der Waals surface area (Å²) in [4.78, 5) is 0. The highest BCUT2D eigenvalue weighted by Gasteiger charge is 2.35. The Kier molecular flexibility index (Phi) is 6.54. The summed E-state index contributed by atoms with van der Waals surface area (Å²) in [5.41, 5.74) is 1.14. The Morgan fingerprint density at radius 2 is 1.52 bits per heavy atom. The van der Waals surface area contributed by atoms with Gasteiger partial charge in [-0.25, -0.2) is 4.68 Å². The van der Waals surface area contributed by atoms with E-state index in [1.807, 2.05) is 36.4 Å². The molecule has 1 heterocycles. The molecule has 3 aromatic carbocycles. The van der Waals surface area contributed by atoms with Gasteiger partial charge in [-0.1, -0.05) is 53.5 Å². The first kappa shape index (κ1) is 23.0. The quantitative estimate of drug-likeness (QED) is 0.280. The molecule has 0 unspecified atom stereocenters. The van der Waals surface area contributed by atoms with Crippen LogP contribution in [0.25, 0.3) is 16.8 Å². The Labute approximate surface area is 198 Å². The van der Waals surface area contributed by atoms with Gasteiger partial charge in [0.25, 0.3) is 0 Å². The molecule has 0 aliphatic carbocycles. The monoisotopic (exact) mass is 492 g/mol. The van der Waals surface area contributed by atoms with Gasteiger partial charge in [-0.05, 0) is 53.6 Å². The molecule has 9 heteroatoms. The van der Waals surface area contributed by atoms with E-state index in [-0.39, 0.29) is 28.0 Å². The molecule has 4 nitrogen and oxygen atoms in total. The molecule has 0 amide bonds. The molecule has 0 saturated carbocycles. The second kappa shape index (κ2) is 9.37. The molecule has 0 fully saturated rings. The van der Waals surface area contributed by atoms with E-state index in [1.165, 1.54) is 12.1 Å². The van der Waals surface area contributed by atoms with Gasteiger partial charge in [0.2, 0.25) is 0 Å². The number of hydrogen-bond acceptors (Lipinski definition) is 3. The van der Waals surface area contributed by atoms with Crippen LogP contribution in [0.15, 0.2) is 72.8 Å². The molecule has 4 aromatic rings. The highest BCUT2D eigenvalue weighted by Crippen LogP contribution is 2.34. The summed E-state index contributed by atoms with van der Waals surface area (Å²) in [6.07, 6.45) is -4.63. The molecule has 0 aliphatic heterocycles. The lowest BCUT2D eigenvalue weighted by atomic mass is 10.1. The number of hydrogen-bond donors (Lipinski definition) is 0. The number of halogens is 5. The highest BCUT2D eigenvalue weighted by molar-refractivity contribution is 6.37. The molecule has 0 saturated heterocycles. The maximum atomic E-state index is 13.3. The summed E-state index contributed by atoms with van der Waals surface area (Å²) in [7, 11) is 1.60. The Hall–Kier alpha value is -3.16. The molecule has 0 bridgehead atoms. The van der Waals surface area contributed by atoms with Crippen molar-refractivity contribution < 1.29 is 22.6 Å².